The Labute approximate surface area is 121 Å². The summed E-state index contributed by atoms with van der Waals surface area (Å²) in [5, 5.41) is 14.9. The summed E-state index contributed by atoms with van der Waals surface area (Å²) < 4.78 is 36.0. The first-order valence-electron chi connectivity index (χ1n) is 6.74. The van der Waals surface area contributed by atoms with Gasteiger partial charge in [0.1, 0.15) is 5.84 Å². The van der Waals surface area contributed by atoms with Crippen LogP contribution in [0.1, 0.15) is 30.7 Å². The lowest BCUT2D eigenvalue weighted by Crippen LogP contribution is -2.32. The fourth-order valence-corrected chi connectivity index (χ4v) is 1.97. The van der Waals surface area contributed by atoms with Crippen LogP contribution in [0, 0.1) is 0 Å². The van der Waals surface area contributed by atoms with Crippen molar-refractivity contribution in [2.24, 2.45) is 10.9 Å². The van der Waals surface area contributed by atoms with Gasteiger partial charge in [-0.1, -0.05) is 35.5 Å². The molecule has 0 aliphatic heterocycles. The Morgan fingerprint density at radius 2 is 1.90 bits per heavy atom. The fourth-order valence-electron chi connectivity index (χ4n) is 1.97. The van der Waals surface area contributed by atoms with Crippen LogP contribution in [-0.2, 0) is 0 Å². The molecule has 0 heterocycles. The van der Waals surface area contributed by atoms with E-state index in [-0.39, 0.29) is 18.2 Å². The number of unbranched alkanes of at least 4 members (excludes halogenated alkanes) is 1. The van der Waals surface area contributed by atoms with Crippen molar-refractivity contribution in [3.8, 4) is 0 Å². The molecule has 0 fully saturated rings. The highest BCUT2D eigenvalue weighted by molar-refractivity contribution is 5.87. The number of hydrogen-bond acceptors (Lipinski definition) is 3. The van der Waals surface area contributed by atoms with Gasteiger partial charge in [-0.3, -0.25) is 0 Å². The molecule has 0 radical (unpaired) electrons. The summed E-state index contributed by atoms with van der Waals surface area (Å²) in [7, 11) is 0. The van der Waals surface area contributed by atoms with Crippen molar-refractivity contribution in [1.29, 1.82) is 0 Å². The van der Waals surface area contributed by atoms with Crippen LogP contribution in [0.25, 0.3) is 0 Å². The molecule has 0 saturated heterocycles. The van der Waals surface area contributed by atoms with Gasteiger partial charge in [0.15, 0.2) is 0 Å². The summed E-state index contributed by atoms with van der Waals surface area (Å²) in [5.41, 5.74) is 6.54. The highest BCUT2D eigenvalue weighted by Gasteiger charge is 2.25. The summed E-state index contributed by atoms with van der Waals surface area (Å²) in [6, 6.07) is 9.26. The van der Waals surface area contributed by atoms with E-state index >= 15 is 0 Å². The summed E-state index contributed by atoms with van der Waals surface area (Å²) >= 11 is 0. The zero-order valence-corrected chi connectivity index (χ0v) is 11.6. The highest BCUT2D eigenvalue weighted by atomic mass is 19.4. The molecule has 4 N–H and O–H groups in total. The number of alkyl halides is 3. The number of hydrogen-bond donors (Lipinski definition) is 3. The minimum atomic E-state index is -4.10. The second-order valence-corrected chi connectivity index (χ2v) is 4.76. The smallest absolute Gasteiger partial charge is 0.389 e. The number of benzene rings is 1. The van der Waals surface area contributed by atoms with E-state index in [0.717, 1.165) is 5.56 Å². The molecule has 0 aliphatic rings. The monoisotopic (exact) mass is 303 g/mol. The zero-order valence-electron chi connectivity index (χ0n) is 11.6. The molecule has 0 amide bonds. The quantitative estimate of drug-likeness (QED) is 0.227. The number of halogens is 3. The Morgan fingerprint density at radius 3 is 2.48 bits per heavy atom. The molecular formula is C14H20F3N3O. The third-order valence-electron chi connectivity index (χ3n) is 3.09. The molecule has 0 saturated carbocycles. The summed E-state index contributed by atoms with van der Waals surface area (Å²) in [6.07, 6.45) is -4.34. The van der Waals surface area contributed by atoms with Crippen molar-refractivity contribution < 1.29 is 18.4 Å². The van der Waals surface area contributed by atoms with E-state index in [4.69, 9.17) is 10.9 Å². The first kappa shape index (κ1) is 17.3. The van der Waals surface area contributed by atoms with Crippen LogP contribution in [0.4, 0.5) is 13.2 Å². The fraction of sp³-hybridized carbons (Fsp3) is 0.500. The molecule has 1 unspecified atom stereocenters. The average Bonchev–Trinajstić information content (AvgIpc) is 2.45. The molecule has 1 rings (SSSR count). The molecule has 0 bridgehead atoms. The van der Waals surface area contributed by atoms with E-state index in [1.54, 1.807) is 0 Å². The van der Waals surface area contributed by atoms with Gasteiger partial charge in [0, 0.05) is 13.0 Å². The van der Waals surface area contributed by atoms with Crippen molar-refractivity contribution in [2.75, 3.05) is 13.1 Å². The van der Waals surface area contributed by atoms with E-state index in [1.165, 1.54) is 0 Å². The second kappa shape index (κ2) is 8.51. The van der Waals surface area contributed by atoms with Crippen molar-refractivity contribution in [3.63, 3.8) is 0 Å². The van der Waals surface area contributed by atoms with Crippen LogP contribution in [0.5, 0.6) is 0 Å². The van der Waals surface area contributed by atoms with E-state index in [2.05, 4.69) is 10.5 Å². The molecule has 7 heteroatoms. The second-order valence-electron chi connectivity index (χ2n) is 4.76. The summed E-state index contributed by atoms with van der Waals surface area (Å²) in [4.78, 5) is 0. The normalized spacial score (nSPS) is 14.1. The van der Waals surface area contributed by atoms with Gasteiger partial charge in [0.05, 0.1) is 5.92 Å². The summed E-state index contributed by atoms with van der Waals surface area (Å²) in [6.45, 7) is 0.865. The van der Waals surface area contributed by atoms with Crippen LogP contribution in [0.3, 0.4) is 0 Å². The average molecular weight is 303 g/mol. The SMILES string of the molecule is N/C(=N/O)C(CNCCCCC(F)(F)F)c1ccccc1. The molecular weight excluding hydrogens is 283 g/mol. The van der Waals surface area contributed by atoms with Crippen LogP contribution in [-0.4, -0.2) is 30.3 Å². The van der Waals surface area contributed by atoms with Crippen molar-refractivity contribution in [3.05, 3.63) is 35.9 Å². The third kappa shape index (κ3) is 6.99. The number of nitrogens with zero attached hydrogens (tertiary/aromatic N) is 1. The van der Waals surface area contributed by atoms with Gasteiger partial charge in [-0.15, -0.1) is 0 Å². The largest absolute Gasteiger partial charge is 0.409 e. The highest BCUT2D eigenvalue weighted by Crippen LogP contribution is 2.22. The molecule has 0 aliphatic carbocycles. The lowest BCUT2D eigenvalue weighted by molar-refractivity contribution is -0.135. The van der Waals surface area contributed by atoms with Crippen LogP contribution in [0.15, 0.2) is 35.5 Å². The van der Waals surface area contributed by atoms with Gasteiger partial charge in [-0.2, -0.15) is 13.2 Å². The molecule has 0 aromatic heterocycles. The molecule has 0 spiro atoms. The van der Waals surface area contributed by atoms with E-state index in [1.807, 2.05) is 30.3 Å². The van der Waals surface area contributed by atoms with Gasteiger partial charge in [0.25, 0.3) is 0 Å². The van der Waals surface area contributed by atoms with Crippen LogP contribution >= 0.6 is 0 Å². The van der Waals surface area contributed by atoms with Gasteiger partial charge in [-0.25, -0.2) is 0 Å². The maximum Gasteiger partial charge on any atom is 0.389 e. The first-order valence-corrected chi connectivity index (χ1v) is 6.74. The van der Waals surface area contributed by atoms with Gasteiger partial charge in [-0.05, 0) is 24.9 Å². The van der Waals surface area contributed by atoms with Gasteiger partial charge in [0.2, 0.25) is 0 Å². The maximum atomic E-state index is 12.0. The minimum absolute atomic E-state index is 0.0731. The minimum Gasteiger partial charge on any atom is -0.409 e. The molecule has 1 atom stereocenters. The number of nitrogens with one attached hydrogen (secondary N) is 1. The Hall–Kier alpha value is -1.76. The van der Waals surface area contributed by atoms with E-state index in [9.17, 15) is 13.2 Å². The topological polar surface area (TPSA) is 70.6 Å². The predicted molar refractivity (Wildman–Crippen MR) is 75.4 cm³/mol. The Balaban J connectivity index is 2.39. The number of rotatable bonds is 8. The van der Waals surface area contributed by atoms with Crippen molar-refractivity contribution in [1.82, 2.24) is 5.32 Å². The van der Waals surface area contributed by atoms with Crippen molar-refractivity contribution >= 4 is 5.84 Å². The number of nitrogens with two attached hydrogens (primary N) is 1. The number of amidine groups is 1. The molecule has 1 aromatic carbocycles. The molecule has 21 heavy (non-hydrogen) atoms. The van der Waals surface area contributed by atoms with Crippen LogP contribution < -0.4 is 11.1 Å². The first-order chi connectivity index (χ1) is 9.94. The summed E-state index contributed by atoms with van der Waals surface area (Å²) in [5.74, 6) is -0.234. The molecule has 4 nitrogen and oxygen atoms in total. The Bertz CT molecular complexity index is 435. The molecule has 118 valence electrons. The van der Waals surface area contributed by atoms with Crippen molar-refractivity contribution in [2.45, 2.75) is 31.4 Å². The lowest BCUT2D eigenvalue weighted by atomic mass is 9.98. The van der Waals surface area contributed by atoms with Crippen LogP contribution in [0.2, 0.25) is 0 Å². The Kier molecular flexibility index (Phi) is 7.01. The predicted octanol–water partition coefficient (Wildman–Crippen LogP) is 2.84. The van der Waals surface area contributed by atoms with Gasteiger partial charge >= 0.3 is 6.18 Å². The number of oxime groups is 1. The molecule has 1 aromatic rings. The zero-order chi connectivity index (χ0) is 15.7. The van der Waals surface area contributed by atoms with E-state index < -0.39 is 12.6 Å². The third-order valence-corrected chi connectivity index (χ3v) is 3.09. The lowest BCUT2D eigenvalue weighted by Gasteiger charge is -2.16. The Morgan fingerprint density at radius 1 is 1.24 bits per heavy atom. The van der Waals surface area contributed by atoms with E-state index in [0.29, 0.717) is 19.5 Å². The standard InChI is InChI=1S/C14H20F3N3O/c15-14(16,17)8-4-5-9-19-10-12(13(18)20-21)11-6-2-1-3-7-11/h1-3,6-7,12,19,21H,4-5,8-10H2,(H2,18,20). The maximum absolute atomic E-state index is 12.0. The van der Waals surface area contributed by atoms with Gasteiger partial charge < -0.3 is 16.3 Å².